The molecular weight excluding hydrogens is 320 g/mol. The molecule has 1 fully saturated rings. The van der Waals surface area contributed by atoms with Crippen molar-refractivity contribution in [1.29, 1.82) is 5.26 Å². The summed E-state index contributed by atoms with van der Waals surface area (Å²) in [6, 6.07) is 8.84. The van der Waals surface area contributed by atoms with Gasteiger partial charge in [-0.3, -0.25) is 4.79 Å². The summed E-state index contributed by atoms with van der Waals surface area (Å²) in [5, 5.41) is 11.9. The van der Waals surface area contributed by atoms with E-state index < -0.39 is 24.0 Å². The zero-order valence-electron chi connectivity index (χ0n) is 14.7. The van der Waals surface area contributed by atoms with Crippen LogP contribution in [0.3, 0.4) is 0 Å². The van der Waals surface area contributed by atoms with Gasteiger partial charge in [0, 0.05) is 0 Å². The van der Waals surface area contributed by atoms with Crippen LogP contribution in [0.1, 0.15) is 49.9 Å². The third-order valence-corrected chi connectivity index (χ3v) is 4.04. The maximum Gasteiger partial charge on any atom is 0.338 e. The molecule has 0 saturated heterocycles. The highest BCUT2D eigenvalue weighted by molar-refractivity contribution is 5.91. The Kier molecular flexibility index (Phi) is 6.40. The van der Waals surface area contributed by atoms with Gasteiger partial charge in [0.1, 0.15) is 11.3 Å². The summed E-state index contributed by atoms with van der Waals surface area (Å²) >= 11 is 0. The van der Waals surface area contributed by atoms with Gasteiger partial charge in [0.25, 0.3) is 5.91 Å². The smallest absolute Gasteiger partial charge is 0.338 e. The van der Waals surface area contributed by atoms with Gasteiger partial charge < -0.3 is 14.8 Å². The topological polar surface area (TPSA) is 88.4 Å². The van der Waals surface area contributed by atoms with Crippen LogP contribution >= 0.6 is 0 Å². The van der Waals surface area contributed by atoms with Crippen LogP contribution in [0.25, 0.3) is 0 Å². The van der Waals surface area contributed by atoms with Crippen molar-refractivity contribution in [2.75, 3.05) is 13.2 Å². The second-order valence-corrected chi connectivity index (χ2v) is 6.76. The Morgan fingerprint density at radius 1 is 1.32 bits per heavy atom. The van der Waals surface area contributed by atoms with E-state index in [4.69, 9.17) is 9.47 Å². The third kappa shape index (κ3) is 5.49. The Hall–Kier alpha value is -2.55. The van der Waals surface area contributed by atoms with Crippen LogP contribution in [-0.2, 0) is 9.53 Å². The van der Waals surface area contributed by atoms with Gasteiger partial charge in [-0.15, -0.1) is 0 Å². The molecule has 1 aromatic rings. The average molecular weight is 344 g/mol. The molecule has 1 saturated carbocycles. The van der Waals surface area contributed by atoms with Gasteiger partial charge in [0.15, 0.2) is 6.61 Å². The van der Waals surface area contributed by atoms with Gasteiger partial charge in [-0.05, 0) is 49.8 Å². The predicted molar refractivity (Wildman–Crippen MR) is 92.0 cm³/mol. The van der Waals surface area contributed by atoms with Crippen LogP contribution in [0, 0.1) is 17.2 Å². The van der Waals surface area contributed by atoms with E-state index in [-0.39, 0.29) is 0 Å². The summed E-state index contributed by atoms with van der Waals surface area (Å²) in [5.41, 5.74) is -0.487. The lowest BCUT2D eigenvalue weighted by molar-refractivity contribution is -0.125. The van der Waals surface area contributed by atoms with Crippen LogP contribution < -0.4 is 10.1 Å². The maximum absolute atomic E-state index is 12.1. The molecule has 1 aliphatic rings. The number of amides is 1. The first kappa shape index (κ1) is 18.8. The van der Waals surface area contributed by atoms with Gasteiger partial charge in [-0.1, -0.05) is 19.9 Å². The first-order valence-corrected chi connectivity index (χ1v) is 8.56. The molecule has 2 rings (SSSR count). The number of rotatable bonds is 7. The van der Waals surface area contributed by atoms with Gasteiger partial charge in [-0.25, -0.2) is 4.79 Å². The van der Waals surface area contributed by atoms with E-state index in [1.807, 2.05) is 13.8 Å². The first-order valence-electron chi connectivity index (χ1n) is 8.56. The molecule has 1 aliphatic carbocycles. The molecule has 0 heterocycles. The molecule has 6 heteroatoms. The summed E-state index contributed by atoms with van der Waals surface area (Å²) in [7, 11) is 0. The normalized spacial score (nSPS) is 15.4. The molecule has 0 bridgehead atoms. The van der Waals surface area contributed by atoms with Gasteiger partial charge in [0.05, 0.1) is 18.2 Å². The number of hydrogen-bond donors (Lipinski definition) is 1. The lowest BCUT2D eigenvalue weighted by Crippen LogP contribution is -2.46. The minimum Gasteiger partial charge on any atom is -0.493 e. The van der Waals surface area contributed by atoms with E-state index in [0.29, 0.717) is 36.7 Å². The van der Waals surface area contributed by atoms with Gasteiger partial charge in [0.2, 0.25) is 0 Å². The molecule has 1 amide bonds. The minimum atomic E-state index is -0.811. The fourth-order valence-electron chi connectivity index (χ4n) is 2.74. The second kappa shape index (κ2) is 8.52. The number of nitriles is 1. The second-order valence-electron chi connectivity index (χ2n) is 6.76. The highest BCUT2D eigenvalue weighted by Crippen LogP contribution is 2.28. The number of carbonyl (C=O) groups excluding carboxylic acids is 2. The number of ether oxygens (including phenoxy) is 2. The lowest BCUT2D eigenvalue weighted by Gasteiger charge is -2.21. The van der Waals surface area contributed by atoms with Crippen molar-refractivity contribution in [3.8, 4) is 11.8 Å². The van der Waals surface area contributed by atoms with E-state index in [0.717, 1.165) is 12.8 Å². The van der Waals surface area contributed by atoms with Crippen LogP contribution in [0.2, 0.25) is 0 Å². The van der Waals surface area contributed by atoms with Crippen LogP contribution in [0.15, 0.2) is 24.3 Å². The van der Waals surface area contributed by atoms with E-state index in [1.54, 1.807) is 24.3 Å². The van der Waals surface area contributed by atoms with Crippen molar-refractivity contribution in [3.05, 3.63) is 29.8 Å². The largest absolute Gasteiger partial charge is 0.493 e. The average Bonchev–Trinajstić information content (AvgIpc) is 3.07. The number of esters is 1. The van der Waals surface area contributed by atoms with E-state index in [2.05, 4.69) is 11.4 Å². The van der Waals surface area contributed by atoms with Crippen molar-refractivity contribution in [2.45, 2.75) is 45.1 Å². The summed E-state index contributed by atoms with van der Waals surface area (Å²) in [4.78, 5) is 24.1. The zero-order chi connectivity index (χ0) is 18.3. The molecule has 1 aromatic carbocycles. The van der Waals surface area contributed by atoms with Crippen molar-refractivity contribution in [1.82, 2.24) is 5.32 Å². The molecule has 134 valence electrons. The lowest BCUT2D eigenvalue weighted by atomic mass is 10.00. The molecule has 0 aromatic heterocycles. The fourth-order valence-corrected chi connectivity index (χ4v) is 2.74. The quantitative estimate of drug-likeness (QED) is 0.768. The van der Waals surface area contributed by atoms with Crippen molar-refractivity contribution >= 4 is 11.9 Å². The third-order valence-electron chi connectivity index (χ3n) is 4.04. The Balaban J connectivity index is 1.86. The van der Waals surface area contributed by atoms with Crippen LogP contribution in [0.4, 0.5) is 0 Å². The fraction of sp³-hybridized carbons (Fsp3) is 0.526. The summed E-state index contributed by atoms with van der Waals surface area (Å²) in [5.74, 6) is -0.0871. The Morgan fingerprint density at radius 2 is 2.04 bits per heavy atom. The minimum absolute atomic E-state index is 0.324. The monoisotopic (exact) mass is 344 g/mol. The molecule has 0 radical (unpaired) electrons. The highest BCUT2D eigenvalue weighted by Gasteiger charge is 2.35. The molecule has 0 unspecified atom stereocenters. The molecule has 25 heavy (non-hydrogen) atoms. The van der Waals surface area contributed by atoms with E-state index in [9.17, 15) is 14.9 Å². The number of nitrogens with zero attached hydrogens (tertiary/aromatic N) is 1. The van der Waals surface area contributed by atoms with Crippen molar-refractivity contribution in [3.63, 3.8) is 0 Å². The Labute approximate surface area is 148 Å². The summed E-state index contributed by atoms with van der Waals surface area (Å²) < 4.78 is 10.6. The standard InChI is InChI=1S/C19H24N2O4/c1-14(2)11-24-16-7-5-6-15(10-16)18(23)25-12-17(22)21-19(13-20)8-3-4-9-19/h5-7,10,14H,3-4,8-9,11-12H2,1-2H3,(H,21,22). The van der Waals surface area contributed by atoms with Crippen LogP contribution in [-0.4, -0.2) is 30.6 Å². The molecular formula is C19H24N2O4. The maximum atomic E-state index is 12.1. The molecule has 6 nitrogen and oxygen atoms in total. The molecule has 0 aliphatic heterocycles. The molecule has 1 N–H and O–H groups in total. The predicted octanol–water partition coefficient (Wildman–Crippen LogP) is 2.83. The summed E-state index contributed by atoms with van der Waals surface area (Å²) in [6.07, 6.45) is 3.10. The van der Waals surface area contributed by atoms with E-state index in [1.165, 1.54) is 0 Å². The van der Waals surface area contributed by atoms with E-state index >= 15 is 0 Å². The zero-order valence-corrected chi connectivity index (χ0v) is 14.7. The Morgan fingerprint density at radius 3 is 2.68 bits per heavy atom. The van der Waals surface area contributed by atoms with Crippen molar-refractivity contribution < 1.29 is 19.1 Å². The summed E-state index contributed by atoms with van der Waals surface area (Å²) in [6.45, 7) is 4.22. The molecule has 0 spiro atoms. The van der Waals surface area contributed by atoms with Crippen molar-refractivity contribution in [2.24, 2.45) is 5.92 Å². The Bertz CT molecular complexity index is 658. The van der Waals surface area contributed by atoms with Gasteiger partial charge in [-0.2, -0.15) is 5.26 Å². The molecule has 0 atom stereocenters. The van der Waals surface area contributed by atoms with Gasteiger partial charge >= 0.3 is 5.97 Å². The highest BCUT2D eigenvalue weighted by atomic mass is 16.5. The number of nitrogens with one attached hydrogen (secondary N) is 1. The number of carbonyl (C=O) groups is 2. The number of hydrogen-bond acceptors (Lipinski definition) is 5. The SMILES string of the molecule is CC(C)COc1cccc(C(=O)OCC(=O)NC2(C#N)CCCC2)c1. The number of benzene rings is 1. The first-order chi connectivity index (χ1) is 11.9. The van der Waals surface area contributed by atoms with Crippen LogP contribution in [0.5, 0.6) is 5.75 Å².